The molecule has 0 aliphatic carbocycles. The molecule has 0 aromatic heterocycles. The van der Waals surface area contributed by atoms with Gasteiger partial charge in [-0.2, -0.15) is 14.0 Å². The zero-order valence-electron chi connectivity index (χ0n) is 13.3. The maximum absolute atomic E-state index is 12.4. The summed E-state index contributed by atoms with van der Waals surface area (Å²) in [5.41, 5.74) is 0.596. The molecule has 6 heteroatoms. The van der Waals surface area contributed by atoms with E-state index in [1.54, 1.807) is 4.90 Å². The highest BCUT2D eigenvalue weighted by Crippen LogP contribution is 2.17. The second kappa shape index (κ2) is 9.57. The molecular weight excluding hydrogens is 302 g/mol. The fourth-order valence-corrected chi connectivity index (χ4v) is 2.08. The van der Waals surface area contributed by atoms with E-state index in [2.05, 4.69) is 4.74 Å². The Morgan fingerprint density at radius 2 is 1.83 bits per heavy atom. The van der Waals surface area contributed by atoms with Crippen LogP contribution in [0.4, 0.5) is 8.78 Å². The molecule has 0 saturated heterocycles. The Bertz CT molecular complexity index is 571. The van der Waals surface area contributed by atoms with Crippen LogP contribution in [0.25, 0.3) is 6.08 Å². The number of hydrogen-bond donors (Lipinski definition) is 0. The fraction of sp³-hybridized carbons (Fsp3) is 0.412. The Morgan fingerprint density at radius 3 is 2.26 bits per heavy atom. The number of amides is 1. The summed E-state index contributed by atoms with van der Waals surface area (Å²) in [7, 11) is 0. The zero-order valence-corrected chi connectivity index (χ0v) is 13.3. The Balaban J connectivity index is 2.93. The predicted octanol–water partition coefficient (Wildman–Crippen LogP) is 3.84. The second-order valence-corrected chi connectivity index (χ2v) is 4.91. The summed E-state index contributed by atoms with van der Waals surface area (Å²) in [6.07, 6.45) is 3.07. The van der Waals surface area contributed by atoms with Crippen LogP contribution in [0.15, 0.2) is 29.8 Å². The number of nitrogens with zero attached hydrogens (tertiary/aromatic N) is 2. The van der Waals surface area contributed by atoms with Crippen molar-refractivity contribution >= 4 is 12.0 Å². The molecule has 1 aromatic rings. The monoisotopic (exact) mass is 322 g/mol. The van der Waals surface area contributed by atoms with Crippen LogP contribution < -0.4 is 4.74 Å². The molecule has 0 bridgehead atoms. The molecule has 0 saturated carbocycles. The summed E-state index contributed by atoms with van der Waals surface area (Å²) in [5.74, 6) is -0.287. The molecule has 0 spiro atoms. The van der Waals surface area contributed by atoms with Gasteiger partial charge in [0.25, 0.3) is 5.91 Å². The molecule has 23 heavy (non-hydrogen) atoms. The zero-order chi connectivity index (χ0) is 17.2. The van der Waals surface area contributed by atoms with Gasteiger partial charge in [0.05, 0.1) is 0 Å². The van der Waals surface area contributed by atoms with Crippen molar-refractivity contribution < 1.29 is 18.3 Å². The third-order valence-corrected chi connectivity index (χ3v) is 3.04. The number of hydrogen-bond acceptors (Lipinski definition) is 3. The van der Waals surface area contributed by atoms with Gasteiger partial charge < -0.3 is 9.64 Å². The van der Waals surface area contributed by atoms with E-state index < -0.39 is 6.61 Å². The molecule has 0 atom stereocenters. The van der Waals surface area contributed by atoms with Crippen molar-refractivity contribution in [2.45, 2.75) is 33.3 Å². The van der Waals surface area contributed by atoms with Gasteiger partial charge in [-0.05, 0) is 36.6 Å². The highest BCUT2D eigenvalue weighted by atomic mass is 19.3. The average Bonchev–Trinajstić information content (AvgIpc) is 2.53. The van der Waals surface area contributed by atoms with E-state index in [1.807, 2.05) is 19.9 Å². The normalized spacial score (nSPS) is 11.2. The maximum Gasteiger partial charge on any atom is 0.387 e. The first-order valence-corrected chi connectivity index (χ1v) is 7.47. The van der Waals surface area contributed by atoms with Gasteiger partial charge in [-0.15, -0.1) is 0 Å². The standard InChI is InChI=1S/C17H20F2N2O2/c1-3-9-21(10-4-2)16(22)14(12-20)11-13-5-7-15(8-6-13)23-17(18)19/h5-8,11,17H,3-4,9-10H2,1-2H3/b14-11+. The number of nitriles is 1. The first kappa shape index (κ1) is 18.6. The van der Waals surface area contributed by atoms with Gasteiger partial charge in [-0.3, -0.25) is 4.79 Å². The topological polar surface area (TPSA) is 53.3 Å². The van der Waals surface area contributed by atoms with Crippen molar-refractivity contribution in [1.82, 2.24) is 4.90 Å². The lowest BCUT2D eigenvalue weighted by Gasteiger charge is -2.20. The molecule has 0 fully saturated rings. The Labute approximate surface area is 135 Å². The van der Waals surface area contributed by atoms with Crippen molar-refractivity contribution in [3.05, 3.63) is 35.4 Å². The number of alkyl halides is 2. The van der Waals surface area contributed by atoms with Gasteiger partial charge in [0.15, 0.2) is 0 Å². The minimum atomic E-state index is -2.88. The number of carbonyl (C=O) groups is 1. The lowest BCUT2D eigenvalue weighted by atomic mass is 10.1. The summed E-state index contributed by atoms with van der Waals surface area (Å²) in [5, 5.41) is 9.23. The average molecular weight is 322 g/mol. The van der Waals surface area contributed by atoms with Crippen molar-refractivity contribution in [2.75, 3.05) is 13.1 Å². The summed E-state index contributed by atoms with van der Waals surface area (Å²) >= 11 is 0. The molecule has 124 valence electrons. The van der Waals surface area contributed by atoms with Crippen molar-refractivity contribution in [3.63, 3.8) is 0 Å². The quantitative estimate of drug-likeness (QED) is 0.540. The van der Waals surface area contributed by atoms with Crippen molar-refractivity contribution in [1.29, 1.82) is 5.26 Å². The second-order valence-electron chi connectivity index (χ2n) is 4.91. The van der Waals surface area contributed by atoms with Crippen LogP contribution in [-0.4, -0.2) is 30.5 Å². The third kappa shape index (κ3) is 6.07. The molecule has 0 aliphatic rings. The van der Waals surface area contributed by atoms with E-state index in [1.165, 1.54) is 30.3 Å². The minimum Gasteiger partial charge on any atom is -0.435 e. The lowest BCUT2D eigenvalue weighted by molar-refractivity contribution is -0.126. The van der Waals surface area contributed by atoms with Crippen LogP contribution in [0.2, 0.25) is 0 Å². The van der Waals surface area contributed by atoms with Crippen molar-refractivity contribution in [2.24, 2.45) is 0 Å². The molecule has 0 heterocycles. The van der Waals surface area contributed by atoms with E-state index in [0.29, 0.717) is 18.7 Å². The van der Waals surface area contributed by atoms with Gasteiger partial charge >= 0.3 is 6.61 Å². The van der Waals surface area contributed by atoms with E-state index >= 15 is 0 Å². The molecule has 0 N–H and O–H groups in total. The molecular formula is C17H20F2N2O2. The van der Waals surface area contributed by atoms with Gasteiger partial charge in [0.2, 0.25) is 0 Å². The molecule has 4 nitrogen and oxygen atoms in total. The van der Waals surface area contributed by atoms with E-state index in [9.17, 15) is 18.8 Å². The van der Waals surface area contributed by atoms with Crippen LogP contribution in [0.1, 0.15) is 32.3 Å². The highest BCUT2D eigenvalue weighted by molar-refractivity contribution is 6.01. The number of benzene rings is 1. The van der Waals surface area contributed by atoms with Crippen molar-refractivity contribution in [3.8, 4) is 11.8 Å². The predicted molar refractivity (Wildman–Crippen MR) is 83.8 cm³/mol. The first-order chi connectivity index (χ1) is 11.0. The van der Waals surface area contributed by atoms with E-state index in [-0.39, 0.29) is 17.2 Å². The highest BCUT2D eigenvalue weighted by Gasteiger charge is 2.16. The molecule has 1 aromatic carbocycles. The SMILES string of the molecule is CCCN(CCC)C(=O)/C(C#N)=C/c1ccc(OC(F)F)cc1. The Morgan fingerprint density at radius 1 is 1.26 bits per heavy atom. The summed E-state index contributed by atoms with van der Waals surface area (Å²) in [6.45, 7) is 2.23. The molecule has 1 rings (SSSR count). The molecule has 0 radical (unpaired) electrons. The molecule has 1 amide bonds. The Kier molecular flexibility index (Phi) is 7.75. The van der Waals surface area contributed by atoms with Gasteiger partial charge in [-0.25, -0.2) is 0 Å². The number of rotatable bonds is 8. The van der Waals surface area contributed by atoms with Crippen LogP contribution in [0.3, 0.4) is 0 Å². The Hall–Kier alpha value is -2.42. The lowest BCUT2D eigenvalue weighted by Crippen LogP contribution is -2.33. The van der Waals surface area contributed by atoms with Crippen LogP contribution >= 0.6 is 0 Å². The van der Waals surface area contributed by atoms with Gasteiger partial charge in [-0.1, -0.05) is 26.0 Å². The largest absolute Gasteiger partial charge is 0.435 e. The molecule has 0 aliphatic heterocycles. The fourth-order valence-electron chi connectivity index (χ4n) is 2.08. The number of carbonyl (C=O) groups excluding carboxylic acids is 1. The molecule has 0 unspecified atom stereocenters. The van der Waals surface area contributed by atoms with Gasteiger partial charge in [0.1, 0.15) is 17.4 Å². The van der Waals surface area contributed by atoms with E-state index in [0.717, 1.165) is 12.8 Å². The summed E-state index contributed by atoms with van der Waals surface area (Å²) < 4.78 is 28.5. The smallest absolute Gasteiger partial charge is 0.387 e. The summed E-state index contributed by atoms with van der Waals surface area (Å²) in [4.78, 5) is 14.0. The van der Waals surface area contributed by atoms with E-state index in [4.69, 9.17) is 0 Å². The van der Waals surface area contributed by atoms with Crippen LogP contribution in [0, 0.1) is 11.3 Å². The first-order valence-electron chi connectivity index (χ1n) is 7.47. The summed E-state index contributed by atoms with van der Waals surface area (Å²) in [6, 6.07) is 7.69. The van der Waals surface area contributed by atoms with Crippen LogP contribution in [0.5, 0.6) is 5.75 Å². The maximum atomic E-state index is 12.4. The third-order valence-electron chi connectivity index (χ3n) is 3.04. The number of halogens is 2. The van der Waals surface area contributed by atoms with Crippen LogP contribution in [-0.2, 0) is 4.79 Å². The minimum absolute atomic E-state index is 0.0226. The van der Waals surface area contributed by atoms with Gasteiger partial charge in [0, 0.05) is 13.1 Å². The number of ether oxygens (including phenoxy) is 1.